The predicted octanol–water partition coefficient (Wildman–Crippen LogP) is 1.06. The van der Waals surface area contributed by atoms with Crippen LogP contribution in [0.15, 0.2) is 30.3 Å². The molecule has 0 saturated carbocycles. The first kappa shape index (κ1) is 18.4. The number of benzene rings is 1. The number of carbonyl (C=O) groups excluding carboxylic acids is 1. The summed E-state index contributed by atoms with van der Waals surface area (Å²) in [4.78, 5) is 12.8. The molecule has 0 bridgehead atoms. The maximum atomic E-state index is 12.8. The van der Waals surface area contributed by atoms with Gasteiger partial charge >= 0.3 is 0 Å². The zero-order chi connectivity index (χ0) is 16.1. The second-order valence-corrected chi connectivity index (χ2v) is 5.93. The summed E-state index contributed by atoms with van der Waals surface area (Å²) in [7, 11) is 0. The summed E-state index contributed by atoms with van der Waals surface area (Å²) in [5, 5.41) is 18.1. The van der Waals surface area contributed by atoms with E-state index >= 15 is 0 Å². The van der Waals surface area contributed by atoms with Gasteiger partial charge in [0.15, 0.2) is 0 Å². The second kappa shape index (κ2) is 8.75. The van der Waals surface area contributed by atoms with E-state index in [0.29, 0.717) is 12.2 Å². The molecule has 2 aromatic rings. The average Bonchev–Trinajstić information content (AvgIpc) is 3.00. The molecule has 3 rings (SSSR count). The first-order chi connectivity index (χ1) is 11.2. The minimum Gasteiger partial charge on any atom is -0.350 e. The van der Waals surface area contributed by atoms with Gasteiger partial charge < -0.3 is 10.6 Å². The number of piperidine rings is 1. The Labute approximate surface area is 147 Å². The number of nitrogens with one attached hydrogen (secondary N) is 2. The quantitative estimate of drug-likeness (QED) is 0.842. The number of aryl methyl sites for hydroxylation is 1. The smallest absolute Gasteiger partial charge is 0.245 e. The molecule has 1 amide bonds. The first-order valence-corrected chi connectivity index (χ1v) is 8.03. The Morgan fingerprint density at radius 2 is 2.21 bits per heavy atom. The molecule has 0 spiro atoms. The fourth-order valence-corrected chi connectivity index (χ4v) is 2.93. The fraction of sp³-hybridized carbons (Fsp3) is 0.500. The second-order valence-electron chi connectivity index (χ2n) is 5.93. The molecule has 24 heavy (non-hydrogen) atoms. The third-order valence-electron chi connectivity index (χ3n) is 4.17. The van der Waals surface area contributed by atoms with E-state index < -0.39 is 6.04 Å². The molecule has 2 N–H and O–H groups in total. The highest BCUT2D eigenvalue weighted by atomic mass is 35.5. The van der Waals surface area contributed by atoms with Gasteiger partial charge in [-0.25, -0.2) is 4.68 Å². The van der Waals surface area contributed by atoms with E-state index in [1.807, 2.05) is 37.3 Å². The lowest BCUT2D eigenvalue weighted by Gasteiger charge is -2.26. The lowest BCUT2D eigenvalue weighted by molar-refractivity contribution is -0.125. The van der Waals surface area contributed by atoms with Crippen LogP contribution in [-0.4, -0.2) is 45.2 Å². The van der Waals surface area contributed by atoms with E-state index in [9.17, 15) is 4.79 Å². The van der Waals surface area contributed by atoms with Gasteiger partial charge in [0.2, 0.25) is 5.91 Å². The molecular formula is C16H23ClN6O. The van der Waals surface area contributed by atoms with Crippen LogP contribution in [0.4, 0.5) is 0 Å². The molecule has 8 heteroatoms. The number of hydrogen-bond acceptors (Lipinski definition) is 5. The van der Waals surface area contributed by atoms with Gasteiger partial charge in [-0.2, -0.15) is 0 Å². The number of nitrogens with zero attached hydrogens (tertiary/aromatic N) is 4. The Bertz CT molecular complexity index is 641. The predicted molar refractivity (Wildman–Crippen MR) is 93.0 cm³/mol. The van der Waals surface area contributed by atoms with Gasteiger partial charge in [0.25, 0.3) is 0 Å². The van der Waals surface area contributed by atoms with Crippen molar-refractivity contribution in [3.8, 4) is 0 Å². The van der Waals surface area contributed by atoms with Gasteiger partial charge in [-0.15, -0.1) is 17.5 Å². The molecule has 1 unspecified atom stereocenters. The van der Waals surface area contributed by atoms with Crippen LogP contribution in [0.5, 0.6) is 0 Å². The Morgan fingerprint density at radius 1 is 1.42 bits per heavy atom. The molecule has 0 aliphatic carbocycles. The van der Waals surface area contributed by atoms with Crippen LogP contribution in [0.25, 0.3) is 0 Å². The molecule has 1 fully saturated rings. The lowest BCUT2D eigenvalue weighted by atomic mass is 10.0. The highest BCUT2D eigenvalue weighted by Crippen LogP contribution is 2.16. The van der Waals surface area contributed by atoms with E-state index in [4.69, 9.17) is 0 Å². The van der Waals surface area contributed by atoms with Crippen molar-refractivity contribution in [3.05, 3.63) is 41.7 Å². The molecule has 7 nitrogen and oxygen atoms in total. The maximum Gasteiger partial charge on any atom is 0.245 e. The van der Waals surface area contributed by atoms with Crippen LogP contribution < -0.4 is 10.6 Å². The van der Waals surface area contributed by atoms with E-state index in [1.165, 1.54) is 0 Å². The summed E-state index contributed by atoms with van der Waals surface area (Å²) in [5.41, 5.74) is 1.09. The molecule has 130 valence electrons. The molecule has 1 saturated heterocycles. The SMILES string of the molecule is Cc1nnnn1C(Cc1ccccc1)C(=O)N[C@H]1CCCNC1.Cl. The van der Waals surface area contributed by atoms with E-state index in [2.05, 4.69) is 26.2 Å². The van der Waals surface area contributed by atoms with E-state index in [1.54, 1.807) is 4.68 Å². The summed E-state index contributed by atoms with van der Waals surface area (Å²) in [6.07, 6.45) is 2.66. The highest BCUT2D eigenvalue weighted by Gasteiger charge is 2.26. The number of halogens is 1. The van der Waals surface area contributed by atoms with Crippen molar-refractivity contribution in [2.24, 2.45) is 0 Å². The number of hydrogen-bond donors (Lipinski definition) is 2. The molecular weight excluding hydrogens is 328 g/mol. The Hall–Kier alpha value is -1.99. The number of tetrazole rings is 1. The van der Waals surface area contributed by atoms with E-state index in [-0.39, 0.29) is 24.4 Å². The maximum absolute atomic E-state index is 12.8. The van der Waals surface area contributed by atoms with Crippen LogP contribution >= 0.6 is 12.4 Å². The molecule has 2 heterocycles. The summed E-state index contributed by atoms with van der Waals surface area (Å²) >= 11 is 0. The van der Waals surface area contributed by atoms with Gasteiger partial charge in [0, 0.05) is 19.0 Å². The Morgan fingerprint density at radius 3 is 2.83 bits per heavy atom. The van der Waals surface area contributed by atoms with Gasteiger partial charge in [-0.05, 0) is 42.3 Å². The third kappa shape index (κ3) is 4.52. The fourth-order valence-electron chi connectivity index (χ4n) is 2.93. The largest absolute Gasteiger partial charge is 0.350 e. The topological polar surface area (TPSA) is 84.7 Å². The lowest BCUT2D eigenvalue weighted by Crippen LogP contribution is -2.48. The standard InChI is InChI=1S/C16H22N6O.ClH/c1-12-19-20-21-22(12)15(10-13-6-3-2-4-7-13)16(23)18-14-8-5-9-17-11-14;/h2-4,6-7,14-15,17H,5,8-11H2,1H3,(H,18,23);1H/t14-,15?;/m0./s1. The summed E-state index contributed by atoms with van der Waals surface area (Å²) < 4.78 is 1.61. The Kier molecular flexibility index (Phi) is 6.69. The van der Waals surface area contributed by atoms with Crippen LogP contribution in [0.3, 0.4) is 0 Å². The molecule has 1 aliphatic heterocycles. The molecule has 1 aliphatic rings. The number of amides is 1. The van der Waals surface area contributed by atoms with Gasteiger partial charge in [-0.1, -0.05) is 30.3 Å². The van der Waals surface area contributed by atoms with E-state index in [0.717, 1.165) is 31.5 Å². The first-order valence-electron chi connectivity index (χ1n) is 8.03. The van der Waals surface area contributed by atoms with Crippen molar-refractivity contribution in [1.82, 2.24) is 30.8 Å². The van der Waals surface area contributed by atoms with Crippen molar-refractivity contribution in [1.29, 1.82) is 0 Å². The van der Waals surface area contributed by atoms with Gasteiger partial charge in [0.05, 0.1) is 0 Å². The van der Waals surface area contributed by atoms with Crippen LogP contribution in [-0.2, 0) is 11.2 Å². The van der Waals surface area contributed by atoms with Crippen molar-refractivity contribution in [2.45, 2.75) is 38.3 Å². The van der Waals surface area contributed by atoms with Crippen LogP contribution in [0, 0.1) is 6.92 Å². The molecule has 1 aromatic heterocycles. The summed E-state index contributed by atoms with van der Waals surface area (Å²) in [5.74, 6) is 0.612. The molecule has 2 atom stereocenters. The average molecular weight is 351 g/mol. The minimum absolute atomic E-state index is 0. The van der Waals surface area contributed by atoms with Crippen molar-refractivity contribution < 1.29 is 4.79 Å². The Balaban J connectivity index is 0.00000208. The van der Waals surface area contributed by atoms with Crippen molar-refractivity contribution in [2.75, 3.05) is 13.1 Å². The zero-order valence-electron chi connectivity index (χ0n) is 13.7. The van der Waals surface area contributed by atoms with Crippen molar-refractivity contribution in [3.63, 3.8) is 0 Å². The zero-order valence-corrected chi connectivity index (χ0v) is 14.5. The number of carbonyl (C=O) groups is 1. The van der Waals surface area contributed by atoms with Crippen molar-refractivity contribution >= 4 is 18.3 Å². The number of aromatic nitrogens is 4. The number of rotatable bonds is 5. The monoisotopic (exact) mass is 350 g/mol. The minimum atomic E-state index is -0.436. The normalized spacial score (nSPS) is 18.5. The summed E-state index contributed by atoms with van der Waals surface area (Å²) in [6.45, 7) is 3.65. The molecule has 1 aromatic carbocycles. The molecule has 0 radical (unpaired) electrons. The summed E-state index contributed by atoms with van der Waals surface area (Å²) in [6, 6.07) is 9.68. The van der Waals surface area contributed by atoms with Gasteiger partial charge in [-0.3, -0.25) is 4.79 Å². The van der Waals surface area contributed by atoms with Crippen LogP contribution in [0.2, 0.25) is 0 Å². The van der Waals surface area contributed by atoms with Crippen LogP contribution in [0.1, 0.15) is 30.3 Å². The third-order valence-corrected chi connectivity index (χ3v) is 4.17. The van der Waals surface area contributed by atoms with Gasteiger partial charge in [0.1, 0.15) is 11.9 Å². The highest BCUT2D eigenvalue weighted by molar-refractivity contribution is 5.85.